The summed E-state index contributed by atoms with van der Waals surface area (Å²) in [6.45, 7) is 6.24. The van der Waals surface area contributed by atoms with Gasteiger partial charge in [0.1, 0.15) is 13.2 Å². The van der Waals surface area contributed by atoms with Crippen molar-refractivity contribution < 1.29 is 28.6 Å². The Morgan fingerprint density at radius 3 is 1.02 bits per heavy atom. The summed E-state index contributed by atoms with van der Waals surface area (Å²) in [6, 6.07) is 0. The lowest BCUT2D eigenvalue weighted by molar-refractivity contribution is -0.167. The average molecular weight is 869 g/mol. The van der Waals surface area contributed by atoms with Gasteiger partial charge in [-0.15, -0.1) is 0 Å². The molecular formula is C57H88O6. The van der Waals surface area contributed by atoms with Crippen molar-refractivity contribution >= 4 is 17.9 Å². The van der Waals surface area contributed by atoms with Gasteiger partial charge in [0.25, 0.3) is 0 Å². The van der Waals surface area contributed by atoms with Gasteiger partial charge in [-0.3, -0.25) is 14.4 Å². The molecule has 352 valence electrons. The molecule has 0 spiro atoms. The predicted octanol–water partition coefficient (Wildman–Crippen LogP) is 16.3. The topological polar surface area (TPSA) is 78.9 Å². The number of carbonyl (C=O) groups is 3. The van der Waals surface area contributed by atoms with Gasteiger partial charge >= 0.3 is 17.9 Å². The van der Waals surface area contributed by atoms with Crippen molar-refractivity contribution in [3.05, 3.63) is 134 Å². The number of hydrogen-bond acceptors (Lipinski definition) is 6. The van der Waals surface area contributed by atoms with Crippen molar-refractivity contribution in [2.45, 2.75) is 194 Å². The lowest BCUT2D eigenvalue weighted by atomic mass is 10.1. The fourth-order valence-corrected chi connectivity index (χ4v) is 5.98. The number of hydrogen-bond donors (Lipinski definition) is 0. The fourth-order valence-electron chi connectivity index (χ4n) is 5.98. The number of ether oxygens (including phenoxy) is 3. The van der Waals surface area contributed by atoms with Gasteiger partial charge in [0, 0.05) is 19.3 Å². The van der Waals surface area contributed by atoms with Crippen molar-refractivity contribution in [3.8, 4) is 0 Å². The Labute approximate surface area is 385 Å². The van der Waals surface area contributed by atoms with Crippen LogP contribution in [0.5, 0.6) is 0 Å². The quantitative estimate of drug-likeness (QED) is 0.0263. The summed E-state index contributed by atoms with van der Waals surface area (Å²) in [5.74, 6) is -1.07. The van der Waals surface area contributed by atoms with E-state index in [1.807, 2.05) is 0 Å². The standard InChI is InChI=1S/C57H88O6/c1-4-7-10-13-16-19-21-23-25-27-28-30-31-33-35-38-41-44-47-50-56(59)62-53-54(52-61-55(58)49-46-43-40-37-18-15-12-9-6-3)63-57(60)51-48-45-42-39-36-34-32-29-26-24-22-20-17-14-11-8-5-2/h7-8,10-11,16-17,19-20,23-26,28,30,32-35,37,39-40,42,54H,4-6,9,12-15,18,21-22,27,29,31,36,38,41,43-53H2,1-3H3/b10-7-,11-8-,19-16-,20-17-,25-23-,26-24-,30-28-,34-32-,35-33-,40-37-,42-39-. The van der Waals surface area contributed by atoms with E-state index in [1.54, 1.807) is 0 Å². The van der Waals surface area contributed by atoms with Crippen LogP contribution in [0.4, 0.5) is 0 Å². The first-order chi connectivity index (χ1) is 31.0. The van der Waals surface area contributed by atoms with E-state index < -0.39 is 12.1 Å². The summed E-state index contributed by atoms with van der Waals surface area (Å²) in [6.07, 6.45) is 70.2. The van der Waals surface area contributed by atoms with Gasteiger partial charge in [0.15, 0.2) is 6.10 Å². The highest BCUT2D eigenvalue weighted by Crippen LogP contribution is 2.10. The Balaban J connectivity index is 4.54. The maximum atomic E-state index is 12.7. The van der Waals surface area contributed by atoms with E-state index in [-0.39, 0.29) is 38.0 Å². The highest BCUT2D eigenvalue weighted by Gasteiger charge is 2.19. The number of allylic oxidation sites excluding steroid dienone is 22. The zero-order valence-electron chi connectivity index (χ0n) is 40.0. The van der Waals surface area contributed by atoms with Crippen LogP contribution in [0.25, 0.3) is 0 Å². The predicted molar refractivity (Wildman–Crippen MR) is 269 cm³/mol. The largest absolute Gasteiger partial charge is 0.462 e. The summed E-state index contributed by atoms with van der Waals surface area (Å²) in [5.41, 5.74) is 0. The molecule has 0 aromatic heterocycles. The molecule has 6 nitrogen and oxygen atoms in total. The van der Waals surface area contributed by atoms with Crippen LogP contribution in [0.1, 0.15) is 188 Å². The van der Waals surface area contributed by atoms with Crippen molar-refractivity contribution in [3.63, 3.8) is 0 Å². The first-order valence-electron chi connectivity index (χ1n) is 24.7. The molecule has 6 heteroatoms. The smallest absolute Gasteiger partial charge is 0.306 e. The van der Waals surface area contributed by atoms with Crippen molar-refractivity contribution in [1.82, 2.24) is 0 Å². The van der Waals surface area contributed by atoms with Gasteiger partial charge in [0.05, 0.1) is 0 Å². The first-order valence-corrected chi connectivity index (χ1v) is 24.7. The minimum atomic E-state index is -0.836. The molecule has 0 N–H and O–H groups in total. The molecule has 0 aliphatic carbocycles. The van der Waals surface area contributed by atoms with Crippen LogP contribution in [0.2, 0.25) is 0 Å². The fraction of sp³-hybridized carbons (Fsp3) is 0.561. The molecule has 0 bridgehead atoms. The minimum Gasteiger partial charge on any atom is -0.462 e. The zero-order valence-corrected chi connectivity index (χ0v) is 40.0. The minimum absolute atomic E-state index is 0.132. The second-order valence-corrected chi connectivity index (χ2v) is 15.6. The second-order valence-electron chi connectivity index (χ2n) is 15.6. The maximum absolute atomic E-state index is 12.7. The third-order valence-corrected chi connectivity index (χ3v) is 9.62. The molecular weight excluding hydrogens is 781 g/mol. The van der Waals surface area contributed by atoms with Crippen LogP contribution in [-0.2, 0) is 28.6 Å². The summed E-state index contributed by atoms with van der Waals surface area (Å²) < 4.78 is 16.6. The second kappa shape index (κ2) is 50.2. The van der Waals surface area contributed by atoms with Crippen molar-refractivity contribution in [2.24, 2.45) is 0 Å². The highest BCUT2D eigenvalue weighted by molar-refractivity contribution is 5.71. The van der Waals surface area contributed by atoms with Crippen LogP contribution in [0.15, 0.2) is 134 Å². The van der Waals surface area contributed by atoms with Gasteiger partial charge in [-0.05, 0) is 122 Å². The Bertz CT molecular complexity index is 1420. The zero-order chi connectivity index (χ0) is 45.8. The maximum Gasteiger partial charge on any atom is 0.306 e. The van der Waals surface area contributed by atoms with E-state index in [0.29, 0.717) is 19.3 Å². The first kappa shape index (κ1) is 58.6. The van der Waals surface area contributed by atoms with Gasteiger partial charge in [-0.25, -0.2) is 0 Å². The highest BCUT2D eigenvalue weighted by atomic mass is 16.6. The monoisotopic (exact) mass is 869 g/mol. The third kappa shape index (κ3) is 48.4. The van der Waals surface area contributed by atoms with Gasteiger partial charge in [0.2, 0.25) is 0 Å². The SMILES string of the molecule is CC/C=C\C/C=C\C/C=C\C/C=C\C/C=C\CCCCCC(=O)OCC(COC(=O)CCC/C=C\CCCCCC)OC(=O)CCC/C=C\C/C=C\C/C=C\C/C=C\C/C=C\CC. The summed E-state index contributed by atoms with van der Waals surface area (Å²) in [5, 5.41) is 0. The molecule has 0 aliphatic heterocycles. The van der Waals surface area contributed by atoms with Gasteiger partial charge in [-0.2, -0.15) is 0 Å². The summed E-state index contributed by atoms with van der Waals surface area (Å²) >= 11 is 0. The van der Waals surface area contributed by atoms with Crippen LogP contribution in [-0.4, -0.2) is 37.2 Å². The molecule has 0 fully saturated rings. The molecule has 1 atom stereocenters. The molecule has 0 saturated heterocycles. The molecule has 0 aromatic carbocycles. The van der Waals surface area contributed by atoms with Crippen molar-refractivity contribution in [2.75, 3.05) is 13.2 Å². The van der Waals surface area contributed by atoms with E-state index in [1.165, 1.54) is 25.7 Å². The number of rotatable bonds is 42. The molecule has 1 unspecified atom stereocenters. The van der Waals surface area contributed by atoms with Crippen LogP contribution >= 0.6 is 0 Å². The lowest BCUT2D eigenvalue weighted by Crippen LogP contribution is -2.30. The van der Waals surface area contributed by atoms with Crippen LogP contribution in [0, 0.1) is 0 Å². The third-order valence-electron chi connectivity index (χ3n) is 9.62. The number of esters is 3. The Morgan fingerprint density at radius 1 is 0.333 bits per heavy atom. The van der Waals surface area contributed by atoms with Crippen LogP contribution < -0.4 is 0 Å². The Morgan fingerprint density at radius 2 is 0.635 bits per heavy atom. The molecule has 0 aromatic rings. The van der Waals surface area contributed by atoms with Crippen molar-refractivity contribution in [1.29, 1.82) is 0 Å². The van der Waals surface area contributed by atoms with Gasteiger partial charge < -0.3 is 14.2 Å². The molecule has 0 aliphatic rings. The Hall–Kier alpha value is -4.45. The molecule has 0 amide bonds. The molecule has 63 heavy (non-hydrogen) atoms. The van der Waals surface area contributed by atoms with E-state index >= 15 is 0 Å². The van der Waals surface area contributed by atoms with Crippen LogP contribution in [0.3, 0.4) is 0 Å². The van der Waals surface area contributed by atoms with Gasteiger partial charge in [-0.1, -0.05) is 180 Å². The van der Waals surface area contributed by atoms with E-state index in [2.05, 4.69) is 154 Å². The normalized spacial score (nSPS) is 13.3. The van der Waals surface area contributed by atoms with E-state index in [9.17, 15) is 14.4 Å². The van der Waals surface area contributed by atoms with E-state index in [0.717, 1.165) is 109 Å². The Kier molecular flexibility index (Phi) is 46.7. The average Bonchev–Trinajstić information content (AvgIpc) is 3.28. The molecule has 0 rings (SSSR count). The number of unbranched alkanes of at least 4 members (excludes halogenated alkanes) is 9. The molecule has 0 saturated carbocycles. The summed E-state index contributed by atoms with van der Waals surface area (Å²) in [7, 11) is 0. The molecule has 0 radical (unpaired) electrons. The van der Waals surface area contributed by atoms with E-state index in [4.69, 9.17) is 14.2 Å². The molecule has 0 heterocycles. The lowest BCUT2D eigenvalue weighted by Gasteiger charge is -2.18. The number of carbonyl (C=O) groups excluding carboxylic acids is 3. The summed E-state index contributed by atoms with van der Waals surface area (Å²) in [4.78, 5) is 37.8.